The molecule has 1 heterocycles. The molecule has 2 N–H and O–H groups in total. The topological polar surface area (TPSA) is 115 Å². The number of carbonyl (C=O) groups is 4. The lowest BCUT2D eigenvalue weighted by Gasteiger charge is -2.14. The molecule has 0 bridgehead atoms. The predicted octanol–water partition coefficient (Wildman–Crippen LogP) is -0.911. The molecule has 1 aromatic rings. The molecular weight excluding hydrogens is 280 g/mol. The molecule has 0 saturated heterocycles. The van der Waals surface area contributed by atoms with Gasteiger partial charge in [0, 0.05) is 5.56 Å². The number of nitrogens with zero attached hydrogens (tertiary/aromatic N) is 2. The van der Waals surface area contributed by atoms with Crippen LogP contribution >= 0.6 is 0 Å². The molecule has 0 spiro atoms. The van der Waals surface area contributed by atoms with Crippen LogP contribution in [0.4, 0.5) is 0 Å². The molecular formula is C13H12N2O6. The Kier molecular flexibility index (Phi) is 3.83. The molecule has 0 atom stereocenters. The summed E-state index contributed by atoms with van der Waals surface area (Å²) in [6, 6.07) is 2.54. The first-order valence-corrected chi connectivity index (χ1v) is 5.95. The Labute approximate surface area is 119 Å². The minimum absolute atomic E-state index is 0.0215. The van der Waals surface area contributed by atoms with Crippen molar-refractivity contribution in [3.8, 4) is 0 Å². The van der Waals surface area contributed by atoms with E-state index in [0.29, 0.717) is 15.4 Å². The van der Waals surface area contributed by atoms with E-state index in [1.807, 2.05) is 0 Å². The Morgan fingerprint density at radius 2 is 1.81 bits per heavy atom. The van der Waals surface area contributed by atoms with Crippen LogP contribution in [-0.2, 0) is 4.79 Å². The van der Waals surface area contributed by atoms with Crippen LogP contribution < -0.4 is 0 Å². The fourth-order valence-electron chi connectivity index (χ4n) is 2.10. The monoisotopic (exact) mass is 292 g/mol. The van der Waals surface area contributed by atoms with Crippen molar-refractivity contribution >= 4 is 24.1 Å². The molecule has 4 amide bonds. The number of aliphatic hydroxyl groups is 2. The smallest absolute Gasteiger partial charge is 0.263 e. The summed E-state index contributed by atoms with van der Waals surface area (Å²) in [6.45, 7) is -0.0203. The lowest BCUT2D eigenvalue weighted by atomic mass is 9.99. The van der Waals surface area contributed by atoms with Gasteiger partial charge in [0.15, 0.2) is 0 Å². The number of carbonyl (C=O) groups excluding carboxylic acids is 4. The Morgan fingerprint density at radius 3 is 2.29 bits per heavy atom. The van der Waals surface area contributed by atoms with Crippen LogP contribution in [0.2, 0.25) is 0 Å². The van der Waals surface area contributed by atoms with E-state index in [4.69, 9.17) is 10.2 Å². The molecule has 0 aliphatic carbocycles. The average molecular weight is 292 g/mol. The first kappa shape index (κ1) is 14.8. The maximum atomic E-state index is 12.0. The summed E-state index contributed by atoms with van der Waals surface area (Å²) in [4.78, 5) is 47.7. The molecule has 0 saturated carbocycles. The summed E-state index contributed by atoms with van der Waals surface area (Å²) < 4.78 is 0. The summed E-state index contributed by atoms with van der Waals surface area (Å²) in [5.74, 6) is -2.14. The zero-order chi connectivity index (χ0) is 15.7. The summed E-state index contributed by atoms with van der Waals surface area (Å²) in [5, 5.41) is 17.9. The van der Waals surface area contributed by atoms with Crippen LogP contribution in [0.1, 0.15) is 36.6 Å². The predicted molar refractivity (Wildman–Crippen MR) is 68.1 cm³/mol. The summed E-state index contributed by atoms with van der Waals surface area (Å²) >= 11 is 0. The van der Waals surface area contributed by atoms with E-state index in [-0.39, 0.29) is 23.1 Å². The molecule has 0 fully saturated rings. The Balaban J connectivity index is 2.53. The number of imide groups is 2. The maximum Gasteiger partial charge on any atom is 0.263 e. The van der Waals surface area contributed by atoms with Gasteiger partial charge in [-0.1, -0.05) is 0 Å². The van der Waals surface area contributed by atoms with E-state index >= 15 is 0 Å². The van der Waals surface area contributed by atoms with Crippen molar-refractivity contribution in [3.05, 3.63) is 34.4 Å². The SMILES string of the molecule is Cc1cc2c(cc1C(=O)N(C=O)CO)C(=O)N(CO)C2=O. The highest BCUT2D eigenvalue weighted by molar-refractivity contribution is 6.22. The molecule has 0 aromatic heterocycles. The second-order valence-corrected chi connectivity index (χ2v) is 4.41. The quantitative estimate of drug-likeness (QED) is 0.422. The van der Waals surface area contributed by atoms with Gasteiger partial charge < -0.3 is 10.2 Å². The standard InChI is InChI=1S/C13H12N2O6/c1-7-2-9-10(13(21)15(6-18)12(9)20)3-8(7)11(19)14(4-16)5-17/h2-4,17-18H,5-6H2,1H3. The number of fused-ring (bicyclic) bond motifs is 1. The van der Waals surface area contributed by atoms with Gasteiger partial charge in [0.1, 0.15) is 13.5 Å². The van der Waals surface area contributed by atoms with Crippen LogP contribution in [0.3, 0.4) is 0 Å². The third kappa shape index (κ3) is 2.20. The Bertz CT molecular complexity index is 654. The van der Waals surface area contributed by atoms with Gasteiger partial charge in [0.2, 0.25) is 6.41 Å². The molecule has 0 radical (unpaired) electrons. The van der Waals surface area contributed by atoms with Gasteiger partial charge in [-0.25, -0.2) is 0 Å². The number of rotatable bonds is 4. The van der Waals surface area contributed by atoms with Crippen molar-refractivity contribution in [2.45, 2.75) is 6.92 Å². The third-order valence-electron chi connectivity index (χ3n) is 3.23. The van der Waals surface area contributed by atoms with E-state index in [1.54, 1.807) is 0 Å². The van der Waals surface area contributed by atoms with Crippen LogP contribution in [0.15, 0.2) is 12.1 Å². The molecule has 0 unspecified atom stereocenters. The fourth-order valence-corrected chi connectivity index (χ4v) is 2.10. The zero-order valence-corrected chi connectivity index (χ0v) is 11.1. The van der Waals surface area contributed by atoms with E-state index in [9.17, 15) is 19.2 Å². The minimum atomic E-state index is -0.797. The van der Waals surface area contributed by atoms with Gasteiger partial charge in [-0.2, -0.15) is 0 Å². The van der Waals surface area contributed by atoms with Crippen molar-refractivity contribution < 1.29 is 29.4 Å². The van der Waals surface area contributed by atoms with Crippen LogP contribution in [0.25, 0.3) is 0 Å². The minimum Gasteiger partial charge on any atom is -0.376 e. The van der Waals surface area contributed by atoms with E-state index in [0.717, 1.165) is 0 Å². The van der Waals surface area contributed by atoms with Crippen molar-refractivity contribution in [2.75, 3.05) is 13.5 Å². The number of hydrogen-bond acceptors (Lipinski definition) is 6. The second-order valence-electron chi connectivity index (χ2n) is 4.41. The van der Waals surface area contributed by atoms with Crippen molar-refractivity contribution in [1.29, 1.82) is 0 Å². The number of hydrogen-bond donors (Lipinski definition) is 2. The highest BCUT2D eigenvalue weighted by Crippen LogP contribution is 2.26. The van der Waals surface area contributed by atoms with Gasteiger partial charge >= 0.3 is 0 Å². The lowest BCUT2D eigenvalue weighted by molar-refractivity contribution is -0.118. The second kappa shape index (κ2) is 5.43. The molecule has 1 aromatic carbocycles. The van der Waals surface area contributed by atoms with Gasteiger partial charge in [-0.05, 0) is 24.6 Å². The number of benzene rings is 1. The number of aryl methyl sites for hydroxylation is 1. The highest BCUT2D eigenvalue weighted by Gasteiger charge is 2.36. The number of amides is 4. The first-order chi connectivity index (χ1) is 9.96. The molecule has 110 valence electrons. The molecule has 2 rings (SSSR count). The molecule has 1 aliphatic rings. The highest BCUT2D eigenvalue weighted by atomic mass is 16.3. The lowest BCUT2D eigenvalue weighted by Crippen LogP contribution is -2.31. The van der Waals surface area contributed by atoms with Crippen LogP contribution in [0, 0.1) is 6.92 Å². The summed E-state index contributed by atoms with van der Waals surface area (Å²) in [7, 11) is 0. The molecule has 21 heavy (non-hydrogen) atoms. The van der Waals surface area contributed by atoms with Gasteiger partial charge in [-0.15, -0.1) is 0 Å². The zero-order valence-electron chi connectivity index (χ0n) is 11.1. The molecule has 8 heteroatoms. The van der Waals surface area contributed by atoms with Gasteiger partial charge in [0.25, 0.3) is 17.7 Å². The van der Waals surface area contributed by atoms with Crippen LogP contribution in [0.5, 0.6) is 0 Å². The van der Waals surface area contributed by atoms with Gasteiger partial charge in [-0.3, -0.25) is 29.0 Å². The van der Waals surface area contributed by atoms with Crippen molar-refractivity contribution in [2.24, 2.45) is 0 Å². The average Bonchev–Trinajstić information content (AvgIpc) is 2.70. The van der Waals surface area contributed by atoms with Crippen molar-refractivity contribution in [1.82, 2.24) is 9.80 Å². The van der Waals surface area contributed by atoms with Crippen LogP contribution in [-0.4, -0.2) is 57.6 Å². The van der Waals surface area contributed by atoms with E-state index in [2.05, 4.69) is 0 Å². The Morgan fingerprint density at radius 1 is 1.24 bits per heavy atom. The normalized spacial score (nSPS) is 13.4. The maximum absolute atomic E-state index is 12.0. The van der Waals surface area contributed by atoms with E-state index < -0.39 is 31.2 Å². The van der Waals surface area contributed by atoms with Gasteiger partial charge in [0.05, 0.1) is 11.1 Å². The number of aliphatic hydroxyl groups excluding tert-OH is 2. The third-order valence-corrected chi connectivity index (χ3v) is 3.23. The molecule has 8 nitrogen and oxygen atoms in total. The molecule has 1 aliphatic heterocycles. The Hall–Kier alpha value is -2.58. The van der Waals surface area contributed by atoms with Crippen molar-refractivity contribution in [3.63, 3.8) is 0 Å². The van der Waals surface area contributed by atoms with E-state index in [1.165, 1.54) is 19.1 Å². The first-order valence-electron chi connectivity index (χ1n) is 5.95. The summed E-state index contributed by atoms with van der Waals surface area (Å²) in [6.07, 6.45) is 0.169. The summed E-state index contributed by atoms with van der Waals surface area (Å²) in [5.41, 5.74) is 0.465. The largest absolute Gasteiger partial charge is 0.376 e. The fraction of sp³-hybridized carbons (Fsp3) is 0.231.